The second-order valence-electron chi connectivity index (χ2n) is 5.36. The smallest absolute Gasteiger partial charge is 0.326 e. The monoisotopic (exact) mass is 274 g/mol. The highest BCUT2D eigenvalue weighted by atomic mass is 16.4. The number of carbonyl (C=O) groups is 2. The number of carbonyl (C=O) groups excluding carboxylic acids is 1. The lowest BCUT2D eigenvalue weighted by Crippen LogP contribution is -2.49. The fraction of sp³-hybridized carbons (Fsp3) is 0.467. The van der Waals surface area contributed by atoms with Crippen LogP contribution in [0, 0.1) is 0 Å². The molecule has 106 valence electrons. The number of anilines is 1. The Labute approximate surface area is 117 Å². The van der Waals surface area contributed by atoms with E-state index < -0.39 is 12.0 Å². The molecule has 5 heteroatoms. The summed E-state index contributed by atoms with van der Waals surface area (Å²) >= 11 is 0. The normalized spacial score (nSPS) is 21.7. The number of aliphatic carboxylic acids is 1. The van der Waals surface area contributed by atoms with E-state index in [2.05, 4.69) is 0 Å². The second kappa shape index (κ2) is 5.15. The summed E-state index contributed by atoms with van der Waals surface area (Å²) in [4.78, 5) is 27.1. The van der Waals surface area contributed by atoms with Crippen LogP contribution in [0.2, 0.25) is 0 Å². The van der Waals surface area contributed by atoms with Gasteiger partial charge in [0.15, 0.2) is 0 Å². The molecule has 20 heavy (non-hydrogen) atoms. The number of benzene rings is 1. The minimum Gasteiger partial charge on any atom is -0.480 e. The predicted molar refractivity (Wildman–Crippen MR) is 74.9 cm³/mol. The summed E-state index contributed by atoms with van der Waals surface area (Å²) in [6.45, 7) is 1.20. The fourth-order valence-corrected chi connectivity index (χ4v) is 3.14. The molecule has 0 saturated carbocycles. The van der Waals surface area contributed by atoms with E-state index >= 15 is 0 Å². The molecule has 3 rings (SSSR count). The molecule has 2 aliphatic rings. The summed E-state index contributed by atoms with van der Waals surface area (Å²) in [5, 5.41) is 9.21. The van der Waals surface area contributed by atoms with Gasteiger partial charge in [0.1, 0.15) is 6.04 Å². The molecule has 0 unspecified atom stereocenters. The fourth-order valence-electron chi connectivity index (χ4n) is 3.14. The highest BCUT2D eigenvalue weighted by molar-refractivity contribution is 5.95. The van der Waals surface area contributed by atoms with Crippen LogP contribution in [0.3, 0.4) is 0 Å². The molecule has 2 heterocycles. The van der Waals surface area contributed by atoms with Crippen molar-refractivity contribution in [3.05, 3.63) is 29.8 Å². The highest BCUT2D eigenvalue weighted by Crippen LogP contribution is 2.29. The van der Waals surface area contributed by atoms with Crippen LogP contribution < -0.4 is 4.90 Å². The Morgan fingerprint density at radius 2 is 1.95 bits per heavy atom. The van der Waals surface area contributed by atoms with E-state index in [0.29, 0.717) is 19.5 Å². The molecule has 1 atom stereocenters. The zero-order valence-corrected chi connectivity index (χ0v) is 11.3. The number of carboxylic acids is 1. The van der Waals surface area contributed by atoms with Crippen LogP contribution in [0.1, 0.15) is 24.8 Å². The molecule has 1 saturated heterocycles. The van der Waals surface area contributed by atoms with Crippen LogP contribution in [0.25, 0.3) is 0 Å². The molecular formula is C15H18N2O3. The maximum atomic E-state index is 12.7. The van der Waals surface area contributed by atoms with Gasteiger partial charge < -0.3 is 10.0 Å². The molecule has 2 aliphatic heterocycles. The van der Waals surface area contributed by atoms with Crippen LogP contribution in [0.4, 0.5) is 10.5 Å². The first kappa shape index (κ1) is 13.0. The van der Waals surface area contributed by atoms with E-state index in [1.165, 1.54) is 4.90 Å². The summed E-state index contributed by atoms with van der Waals surface area (Å²) in [5.41, 5.74) is 2.10. The Bertz CT molecular complexity index is 544. The number of amides is 2. The van der Waals surface area contributed by atoms with E-state index in [9.17, 15) is 14.7 Å². The summed E-state index contributed by atoms with van der Waals surface area (Å²) in [7, 11) is 0. The van der Waals surface area contributed by atoms with Crippen molar-refractivity contribution < 1.29 is 14.7 Å². The number of aryl methyl sites for hydroxylation is 1. The Kier molecular flexibility index (Phi) is 3.34. The van der Waals surface area contributed by atoms with Crippen molar-refractivity contribution in [2.45, 2.75) is 31.7 Å². The minimum atomic E-state index is -0.902. The lowest BCUT2D eigenvalue weighted by atomic mass is 10.0. The van der Waals surface area contributed by atoms with Gasteiger partial charge in [0.25, 0.3) is 0 Å². The molecule has 0 spiro atoms. The molecule has 1 N–H and O–H groups in total. The van der Waals surface area contributed by atoms with Gasteiger partial charge in [0, 0.05) is 18.8 Å². The number of fused-ring (bicyclic) bond motifs is 1. The average molecular weight is 274 g/mol. The van der Waals surface area contributed by atoms with Crippen LogP contribution in [-0.2, 0) is 11.2 Å². The van der Waals surface area contributed by atoms with Gasteiger partial charge in [-0.05, 0) is 37.3 Å². The van der Waals surface area contributed by atoms with Gasteiger partial charge in [0.2, 0.25) is 0 Å². The molecule has 2 amide bonds. The number of hydrogen-bond donors (Lipinski definition) is 1. The summed E-state index contributed by atoms with van der Waals surface area (Å²) < 4.78 is 0. The topological polar surface area (TPSA) is 60.9 Å². The quantitative estimate of drug-likeness (QED) is 0.853. The Balaban J connectivity index is 1.87. The Morgan fingerprint density at radius 3 is 2.75 bits per heavy atom. The largest absolute Gasteiger partial charge is 0.480 e. The molecule has 1 aromatic carbocycles. The lowest BCUT2D eigenvalue weighted by molar-refractivity contribution is -0.141. The van der Waals surface area contributed by atoms with Crippen LogP contribution in [0.15, 0.2) is 24.3 Å². The lowest BCUT2D eigenvalue weighted by Gasteiger charge is -2.34. The Hall–Kier alpha value is -2.04. The average Bonchev–Trinajstić information content (AvgIpc) is 2.95. The van der Waals surface area contributed by atoms with Gasteiger partial charge in [-0.2, -0.15) is 0 Å². The van der Waals surface area contributed by atoms with Gasteiger partial charge in [-0.3, -0.25) is 4.90 Å². The summed E-state index contributed by atoms with van der Waals surface area (Å²) in [6.07, 6.45) is 3.21. The third-order valence-electron chi connectivity index (χ3n) is 4.12. The molecule has 1 fully saturated rings. The standard InChI is InChI=1S/C15H18N2O3/c18-14(19)13-8-4-10-17(13)15(20)16-9-3-6-11-5-1-2-7-12(11)16/h1-2,5,7,13H,3-4,6,8-10H2,(H,18,19)/t13-/m1/s1. The molecule has 0 aromatic heterocycles. The van der Waals surface area contributed by atoms with Gasteiger partial charge in [-0.1, -0.05) is 18.2 Å². The molecule has 5 nitrogen and oxygen atoms in total. The van der Waals surface area contributed by atoms with Crippen molar-refractivity contribution in [2.24, 2.45) is 0 Å². The zero-order valence-electron chi connectivity index (χ0n) is 11.3. The van der Waals surface area contributed by atoms with Crippen LogP contribution in [-0.4, -0.2) is 41.1 Å². The summed E-state index contributed by atoms with van der Waals surface area (Å²) in [6, 6.07) is 7.04. The number of hydrogen-bond acceptors (Lipinski definition) is 2. The second-order valence-corrected chi connectivity index (χ2v) is 5.36. The number of urea groups is 1. The molecule has 0 aliphatic carbocycles. The first-order valence-corrected chi connectivity index (χ1v) is 7.07. The maximum absolute atomic E-state index is 12.7. The van der Waals surface area contributed by atoms with Crippen molar-refractivity contribution in [1.29, 1.82) is 0 Å². The first-order chi connectivity index (χ1) is 9.68. The van der Waals surface area contributed by atoms with Crippen molar-refractivity contribution in [3.8, 4) is 0 Å². The van der Waals surface area contributed by atoms with E-state index in [-0.39, 0.29) is 6.03 Å². The van der Waals surface area contributed by atoms with Gasteiger partial charge in [-0.25, -0.2) is 9.59 Å². The highest BCUT2D eigenvalue weighted by Gasteiger charge is 2.37. The number of nitrogens with zero attached hydrogens (tertiary/aromatic N) is 2. The SMILES string of the molecule is O=C(O)[C@H]1CCCN1C(=O)N1CCCc2ccccc21. The molecule has 0 bridgehead atoms. The number of carboxylic acid groups (broad SMARTS) is 1. The minimum absolute atomic E-state index is 0.165. The van der Waals surface area contributed by atoms with Crippen molar-refractivity contribution in [2.75, 3.05) is 18.0 Å². The summed E-state index contributed by atoms with van der Waals surface area (Å²) in [5.74, 6) is -0.902. The van der Waals surface area contributed by atoms with Gasteiger partial charge >= 0.3 is 12.0 Å². The Morgan fingerprint density at radius 1 is 1.15 bits per heavy atom. The number of rotatable bonds is 1. The van der Waals surface area contributed by atoms with E-state index in [1.54, 1.807) is 4.90 Å². The number of likely N-dealkylation sites (tertiary alicyclic amines) is 1. The van der Waals surface area contributed by atoms with Crippen LogP contribution >= 0.6 is 0 Å². The third-order valence-corrected chi connectivity index (χ3v) is 4.12. The van der Waals surface area contributed by atoms with Crippen molar-refractivity contribution in [3.63, 3.8) is 0 Å². The first-order valence-electron chi connectivity index (χ1n) is 7.07. The molecule has 1 aromatic rings. The number of para-hydroxylation sites is 1. The molecule has 0 radical (unpaired) electrons. The van der Waals surface area contributed by atoms with Crippen molar-refractivity contribution >= 4 is 17.7 Å². The van der Waals surface area contributed by atoms with Crippen LogP contribution in [0.5, 0.6) is 0 Å². The van der Waals surface area contributed by atoms with Gasteiger partial charge in [0.05, 0.1) is 0 Å². The zero-order chi connectivity index (χ0) is 14.1. The van der Waals surface area contributed by atoms with E-state index in [0.717, 1.165) is 30.5 Å². The van der Waals surface area contributed by atoms with Crippen molar-refractivity contribution in [1.82, 2.24) is 4.90 Å². The molecular weight excluding hydrogens is 256 g/mol. The maximum Gasteiger partial charge on any atom is 0.326 e. The van der Waals surface area contributed by atoms with Gasteiger partial charge in [-0.15, -0.1) is 0 Å². The third kappa shape index (κ3) is 2.13. The predicted octanol–water partition coefficient (Wildman–Crippen LogP) is 2.11. The van der Waals surface area contributed by atoms with E-state index in [1.807, 2.05) is 24.3 Å². The van der Waals surface area contributed by atoms with E-state index in [4.69, 9.17) is 0 Å².